The molecule has 0 saturated heterocycles. The third-order valence-corrected chi connectivity index (χ3v) is 4.13. The number of hydrogen-bond donors (Lipinski definition) is 1. The summed E-state index contributed by atoms with van der Waals surface area (Å²) >= 11 is 0. The minimum atomic E-state index is -0.574. The molecule has 3 heteroatoms. The molecule has 1 unspecified atom stereocenters. The maximum absolute atomic E-state index is 12.4. The molecule has 0 aliphatic rings. The van der Waals surface area contributed by atoms with Crippen molar-refractivity contribution in [3.63, 3.8) is 0 Å². The zero-order chi connectivity index (χ0) is 16.7. The lowest BCUT2D eigenvalue weighted by molar-refractivity contribution is -0.131. The summed E-state index contributed by atoms with van der Waals surface area (Å²) in [6.45, 7) is 2.77. The number of carbonyl (C=O) groups is 1. The highest BCUT2D eigenvalue weighted by atomic mass is 16.2. The van der Waals surface area contributed by atoms with Crippen LogP contribution in [0.15, 0.2) is 54.6 Å². The summed E-state index contributed by atoms with van der Waals surface area (Å²) in [5, 5.41) is 0. The van der Waals surface area contributed by atoms with Gasteiger partial charge in [-0.3, -0.25) is 4.79 Å². The summed E-state index contributed by atoms with van der Waals surface area (Å²) in [4.78, 5) is 14.1. The van der Waals surface area contributed by atoms with E-state index in [0.29, 0.717) is 0 Å². The Morgan fingerprint density at radius 1 is 1.04 bits per heavy atom. The number of likely N-dealkylation sites (N-methyl/N-ethyl adjacent to an activating group) is 1. The molecule has 2 rings (SSSR count). The van der Waals surface area contributed by atoms with Gasteiger partial charge in [-0.25, -0.2) is 0 Å². The molecular weight excluding hydrogens is 284 g/mol. The van der Waals surface area contributed by atoms with E-state index >= 15 is 0 Å². The zero-order valence-electron chi connectivity index (χ0n) is 14.0. The highest BCUT2D eigenvalue weighted by Crippen LogP contribution is 2.14. The van der Waals surface area contributed by atoms with E-state index in [-0.39, 0.29) is 5.91 Å². The maximum atomic E-state index is 12.4. The normalized spacial score (nSPS) is 12.0. The van der Waals surface area contributed by atoms with Gasteiger partial charge in [0.2, 0.25) is 5.91 Å². The van der Waals surface area contributed by atoms with Crippen LogP contribution in [0.5, 0.6) is 0 Å². The van der Waals surface area contributed by atoms with Gasteiger partial charge in [0.1, 0.15) is 6.04 Å². The van der Waals surface area contributed by atoms with Crippen molar-refractivity contribution in [2.45, 2.75) is 32.2 Å². The average molecular weight is 310 g/mol. The van der Waals surface area contributed by atoms with E-state index in [4.69, 9.17) is 5.73 Å². The predicted molar refractivity (Wildman–Crippen MR) is 95.1 cm³/mol. The van der Waals surface area contributed by atoms with Crippen LogP contribution < -0.4 is 5.73 Å². The molecule has 0 bridgehead atoms. The number of rotatable bonds is 7. The summed E-state index contributed by atoms with van der Waals surface area (Å²) in [7, 11) is 1.83. The Morgan fingerprint density at radius 3 is 2.35 bits per heavy atom. The minimum Gasteiger partial charge on any atom is -0.344 e. The molecule has 0 aliphatic carbocycles. The van der Waals surface area contributed by atoms with Gasteiger partial charge in [-0.2, -0.15) is 0 Å². The second kappa shape index (κ2) is 8.49. The van der Waals surface area contributed by atoms with Gasteiger partial charge in [-0.05, 0) is 37.3 Å². The summed E-state index contributed by atoms with van der Waals surface area (Å²) in [6, 6.07) is 17.7. The maximum Gasteiger partial charge on any atom is 0.243 e. The molecule has 0 saturated carbocycles. The third-order valence-electron chi connectivity index (χ3n) is 4.13. The van der Waals surface area contributed by atoms with E-state index in [2.05, 4.69) is 24.3 Å². The lowest BCUT2D eigenvalue weighted by Gasteiger charge is -2.21. The van der Waals surface area contributed by atoms with E-state index < -0.39 is 6.04 Å². The molecule has 2 aromatic rings. The Morgan fingerprint density at radius 2 is 1.70 bits per heavy atom. The van der Waals surface area contributed by atoms with Gasteiger partial charge in [0.05, 0.1) is 0 Å². The van der Waals surface area contributed by atoms with Crippen LogP contribution in [0.1, 0.15) is 35.6 Å². The number of aryl methyl sites for hydroxylation is 2. The molecule has 23 heavy (non-hydrogen) atoms. The molecule has 0 radical (unpaired) electrons. The van der Waals surface area contributed by atoms with Gasteiger partial charge in [0, 0.05) is 13.6 Å². The first kappa shape index (κ1) is 17.2. The van der Waals surface area contributed by atoms with Crippen LogP contribution in [0.3, 0.4) is 0 Å². The van der Waals surface area contributed by atoms with Gasteiger partial charge < -0.3 is 10.6 Å². The second-order valence-corrected chi connectivity index (χ2v) is 6.09. The van der Waals surface area contributed by atoms with Crippen molar-refractivity contribution in [1.82, 2.24) is 4.90 Å². The Hall–Kier alpha value is -2.13. The van der Waals surface area contributed by atoms with Gasteiger partial charge in [-0.1, -0.05) is 60.2 Å². The van der Waals surface area contributed by atoms with Crippen LogP contribution >= 0.6 is 0 Å². The molecule has 122 valence electrons. The topological polar surface area (TPSA) is 46.3 Å². The van der Waals surface area contributed by atoms with Crippen molar-refractivity contribution >= 4 is 5.91 Å². The number of unbranched alkanes of at least 4 members (excludes halogenated alkanes) is 1. The smallest absolute Gasteiger partial charge is 0.243 e. The number of nitrogens with two attached hydrogens (primary N) is 1. The summed E-state index contributed by atoms with van der Waals surface area (Å²) in [6.07, 6.45) is 3.10. The van der Waals surface area contributed by atoms with Crippen LogP contribution in [-0.4, -0.2) is 24.4 Å². The van der Waals surface area contributed by atoms with Crippen LogP contribution in [0.2, 0.25) is 0 Å². The van der Waals surface area contributed by atoms with Crippen molar-refractivity contribution in [1.29, 1.82) is 0 Å². The van der Waals surface area contributed by atoms with E-state index in [1.807, 2.05) is 44.3 Å². The van der Waals surface area contributed by atoms with Crippen LogP contribution in [0, 0.1) is 6.92 Å². The number of benzene rings is 2. The highest BCUT2D eigenvalue weighted by molar-refractivity contribution is 5.82. The van der Waals surface area contributed by atoms with E-state index in [1.165, 1.54) is 11.1 Å². The molecule has 0 fully saturated rings. The molecule has 2 aromatic carbocycles. The number of hydrogen-bond acceptors (Lipinski definition) is 2. The lowest BCUT2D eigenvalue weighted by Crippen LogP contribution is -2.36. The Bertz CT molecular complexity index is 607. The van der Waals surface area contributed by atoms with Gasteiger partial charge in [0.25, 0.3) is 0 Å². The summed E-state index contributed by atoms with van der Waals surface area (Å²) in [5.41, 5.74) is 9.48. The minimum absolute atomic E-state index is 0.0198. The Balaban J connectivity index is 1.77. The summed E-state index contributed by atoms with van der Waals surface area (Å²) in [5.74, 6) is -0.0198. The fourth-order valence-corrected chi connectivity index (χ4v) is 2.59. The van der Waals surface area contributed by atoms with Crippen molar-refractivity contribution < 1.29 is 4.79 Å². The van der Waals surface area contributed by atoms with Gasteiger partial charge in [0.15, 0.2) is 0 Å². The van der Waals surface area contributed by atoms with Crippen molar-refractivity contribution in [2.75, 3.05) is 13.6 Å². The van der Waals surface area contributed by atoms with Crippen LogP contribution in [0.4, 0.5) is 0 Å². The van der Waals surface area contributed by atoms with Crippen molar-refractivity contribution in [3.05, 3.63) is 71.3 Å². The number of nitrogens with zero attached hydrogens (tertiary/aromatic N) is 1. The van der Waals surface area contributed by atoms with Crippen LogP contribution in [0.25, 0.3) is 0 Å². The third kappa shape index (κ3) is 5.22. The molecule has 0 heterocycles. The summed E-state index contributed by atoms with van der Waals surface area (Å²) < 4.78 is 0. The quantitative estimate of drug-likeness (QED) is 0.796. The SMILES string of the molecule is Cc1ccc(C(N)C(=O)N(C)CCCCc2ccccc2)cc1. The first-order valence-corrected chi connectivity index (χ1v) is 8.19. The van der Waals surface area contributed by atoms with E-state index in [0.717, 1.165) is 31.4 Å². The Labute approximate surface area is 139 Å². The molecule has 3 nitrogen and oxygen atoms in total. The average Bonchev–Trinajstić information content (AvgIpc) is 2.59. The molecule has 0 aromatic heterocycles. The first-order chi connectivity index (χ1) is 11.1. The van der Waals surface area contributed by atoms with Crippen LogP contribution in [-0.2, 0) is 11.2 Å². The number of carbonyl (C=O) groups excluding carboxylic acids is 1. The van der Waals surface area contributed by atoms with Crippen molar-refractivity contribution in [3.8, 4) is 0 Å². The predicted octanol–water partition coefficient (Wildman–Crippen LogP) is 3.48. The molecule has 2 N–H and O–H groups in total. The van der Waals surface area contributed by atoms with Gasteiger partial charge >= 0.3 is 0 Å². The molecular formula is C20H26N2O. The molecule has 0 aliphatic heterocycles. The lowest BCUT2D eigenvalue weighted by atomic mass is 10.0. The fourth-order valence-electron chi connectivity index (χ4n) is 2.59. The van der Waals surface area contributed by atoms with Gasteiger partial charge in [-0.15, -0.1) is 0 Å². The fraction of sp³-hybridized carbons (Fsp3) is 0.350. The number of amides is 1. The Kier molecular flexibility index (Phi) is 6.36. The standard InChI is InChI=1S/C20H26N2O/c1-16-11-13-18(14-12-16)19(21)20(23)22(2)15-7-6-10-17-8-4-3-5-9-17/h3-5,8-9,11-14,19H,6-7,10,15,21H2,1-2H3. The van der Waals surface area contributed by atoms with E-state index in [9.17, 15) is 4.79 Å². The highest BCUT2D eigenvalue weighted by Gasteiger charge is 2.19. The largest absolute Gasteiger partial charge is 0.344 e. The monoisotopic (exact) mass is 310 g/mol. The first-order valence-electron chi connectivity index (χ1n) is 8.19. The molecule has 0 spiro atoms. The zero-order valence-corrected chi connectivity index (χ0v) is 14.0. The second-order valence-electron chi connectivity index (χ2n) is 6.09. The molecule has 1 amide bonds. The van der Waals surface area contributed by atoms with E-state index in [1.54, 1.807) is 4.90 Å². The van der Waals surface area contributed by atoms with Crippen molar-refractivity contribution in [2.24, 2.45) is 5.73 Å². The molecule has 1 atom stereocenters.